The number of benzene rings is 1. The van der Waals surface area contributed by atoms with Crippen LogP contribution in [0, 0.1) is 0 Å². The van der Waals surface area contributed by atoms with E-state index in [-0.39, 0.29) is 0 Å². The lowest BCUT2D eigenvalue weighted by Crippen LogP contribution is -1.85. The quantitative estimate of drug-likeness (QED) is 0.742. The third-order valence-electron chi connectivity index (χ3n) is 1.96. The van der Waals surface area contributed by atoms with Gasteiger partial charge in [0.2, 0.25) is 0 Å². The summed E-state index contributed by atoms with van der Waals surface area (Å²) < 4.78 is 5.29. The molecular formula is C10H8BrClO. The summed E-state index contributed by atoms with van der Waals surface area (Å²) in [6, 6.07) is 5.90. The molecule has 0 N–H and O–H groups in total. The van der Waals surface area contributed by atoms with Gasteiger partial charge in [-0.2, -0.15) is 0 Å². The topological polar surface area (TPSA) is 13.1 Å². The average Bonchev–Trinajstić information content (AvgIpc) is 2.53. The van der Waals surface area contributed by atoms with Crippen LogP contribution in [0.15, 0.2) is 28.9 Å². The smallest absolute Gasteiger partial charge is 0.135 e. The second-order valence-corrected chi connectivity index (χ2v) is 4.05. The molecule has 0 aliphatic carbocycles. The minimum atomic E-state index is 0.766. The normalized spacial score (nSPS) is 10.9. The van der Waals surface area contributed by atoms with Crippen molar-refractivity contribution >= 4 is 38.5 Å². The van der Waals surface area contributed by atoms with E-state index in [4.69, 9.17) is 16.0 Å². The molecule has 13 heavy (non-hydrogen) atoms. The van der Waals surface area contributed by atoms with Crippen LogP contribution in [0.1, 0.15) is 5.56 Å². The van der Waals surface area contributed by atoms with E-state index in [1.54, 1.807) is 6.26 Å². The molecule has 2 rings (SSSR count). The highest BCUT2D eigenvalue weighted by Gasteiger charge is 2.03. The zero-order valence-corrected chi connectivity index (χ0v) is 9.23. The Morgan fingerprint density at radius 3 is 3.00 bits per heavy atom. The van der Waals surface area contributed by atoms with Crippen molar-refractivity contribution in [3.8, 4) is 0 Å². The summed E-state index contributed by atoms with van der Waals surface area (Å²) in [6.45, 7) is 0. The number of aryl methyl sites for hydroxylation is 1. The molecular weight excluding hydrogens is 251 g/mol. The first-order valence-electron chi connectivity index (χ1n) is 4.03. The van der Waals surface area contributed by atoms with Crippen LogP contribution >= 0.6 is 27.5 Å². The van der Waals surface area contributed by atoms with Crippen molar-refractivity contribution in [2.75, 3.05) is 5.33 Å². The van der Waals surface area contributed by atoms with Gasteiger partial charge in [0.25, 0.3) is 0 Å². The number of fused-ring (bicyclic) bond motifs is 1. The van der Waals surface area contributed by atoms with Gasteiger partial charge in [0.05, 0.1) is 11.3 Å². The van der Waals surface area contributed by atoms with Crippen molar-refractivity contribution in [3.63, 3.8) is 0 Å². The third-order valence-corrected chi connectivity index (χ3v) is 2.67. The highest BCUT2D eigenvalue weighted by atomic mass is 79.9. The van der Waals surface area contributed by atoms with E-state index in [2.05, 4.69) is 15.9 Å². The van der Waals surface area contributed by atoms with Gasteiger partial charge in [-0.15, -0.1) is 0 Å². The molecule has 0 amide bonds. The van der Waals surface area contributed by atoms with Gasteiger partial charge >= 0.3 is 0 Å². The van der Waals surface area contributed by atoms with Crippen LogP contribution in [-0.4, -0.2) is 5.33 Å². The van der Waals surface area contributed by atoms with E-state index in [1.807, 2.05) is 18.2 Å². The van der Waals surface area contributed by atoms with Crippen molar-refractivity contribution in [1.29, 1.82) is 0 Å². The monoisotopic (exact) mass is 258 g/mol. The lowest BCUT2D eigenvalue weighted by Gasteiger charge is -1.99. The van der Waals surface area contributed by atoms with E-state index < -0.39 is 0 Å². The van der Waals surface area contributed by atoms with Gasteiger partial charge in [0.1, 0.15) is 5.58 Å². The molecule has 0 saturated heterocycles. The maximum Gasteiger partial charge on any atom is 0.135 e. The van der Waals surface area contributed by atoms with Crippen molar-refractivity contribution in [3.05, 3.63) is 35.0 Å². The van der Waals surface area contributed by atoms with Crippen molar-refractivity contribution < 1.29 is 4.42 Å². The van der Waals surface area contributed by atoms with Gasteiger partial charge in [0, 0.05) is 10.7 Å². The molecule has 1 aromatic heterocycles. The third kappa shape index (κ3) is 1.74. The number of hydrogen-bond acceptors (Lipinski definition) is 1. The Hall–Kier alpha value is -0.470. The zero-order valence-electron chi connectivity index (χ0n) is 6.89. The Kier molecular flexibility index (Phi) is 2.61. The molecule has 1 nitrogen and oxygen atoms in total. The Balaban J connectivity index is 2.56. The predicted octanol–water partition coefficient (Wildman–Crippen LogP) is 4.02. The minimum absolute atomic E-state index is 0.766. The van der Waals surface area contributed by atoms with Gasteiger partial charge < -0.3 is 4.42 Å². The Morgan fingerprint density at radius 1 is 1.38 bits per heavy atom. The number of rotatable bonds is 2. The number of hydrogen-bond donors (Lipinski definition) is 0. The summed E-state index contributed by atoms with van der Waals surface area (Å²) >= 11 is 9.46. The predicted molar refractivity (Wildman–Crippen MR) is 58.7 cm³/mol. The first-order chi connectivity index (χ1) is 6.31. The van der Waals surface area contributed by atoms with Crippen LogP contribution in [0.2, 0.25) is 5.02 Å². The lowest BCUT2D eigenvalue weighted by atomic mass is 10.1. The molecule has 0 atom stereocenters. The van der Waals surface area contributed by atoms with Crippen LogP contribution in [0.5, 0.6) is 0 Å². The summed E-state index contributed by atoms with van der Waals surface area (Å²) in [4.78, 5) is 0. The van der Waals surface area contributed by atoms with Crippen LogP contribution in [0.4, 0.5) is 0 Å². The van der Waals surface area contributed by atoms with E-state index in [9.17, 15) is 0 Å². The lowest BCUT2D eigenvalue weighted by molar-refractivity contribution is 0.615. The number of furan rings is 1. The molecule has 1 heterocycles. The standard InChI is InChI=1S/C10H8BrClO/c11-3-1-7-5-9(12)8-2-4-13-10(8)6-7/h2,4-6H,1,3H2. The van der Waals surface area contributed by atoms with Crippen molar-refractivity contribution in [2.45, 2.75) is 6.42 Å². The summed E-state index contributed by atoms with van der Waals surface area (Å²) in [6.07, 6.45) is 2.63. The fourth-order valence-corrected chi connectivity index (χ4v) is 2.09. The molecule has 0 saturated carbocycles. The van der Waals surface area contributed by atoms with Gasteiger partial charge in [-0.1, -0.05) is 27.5 Å². The van der Waals surface area contributed by atoms with Crippen LogP contribution in [-0.2, 0) is 6.42 Å². The molecule has 0 bridgehead atoms. The van der Waals surface area contributed by atoms with Crippen LogP contribution < -0.4 is 0 Å². The summed E-state index contributed by atoms with van der Waals surface area (Å²) in [5.41, 5.74) is 2.06. The van der Waals surface area contributed by atoms with Gasteiger partial charge in [-0.05, 0) is 30.2 Å². The SMILES string of the molecule is Clc1cc(CCBr)cc2occc12. The molecule has 0 fully saturated rings. The molecule has 0 aliphatic rings. The molecule has 0 radical (unpaired) electrons. The zero-order chi connectivity index (χ0) is 9.26. The summed E-state index contributed by atoms with van der Waals surface area (Å²) in [5.74, 6) is 0. The molecule has 2 aromatic rings. The highest BCUT2D eigenvalue weighted by Crippen LogP contribution is 2.26. The Labute approximate surface area is 89.8 Å². The fourth-order valence-electron chi connectivity index (χ4n) is 1.33. The Bertz CT molecular complexity index is 422. The Morgan fingerprint density at radius 2 is 2.23 bits per heavy atom. The van der Waals surface area contributed by atoms with E-state index in [1.165, 1.54) is 5.56 Å². The van der Waals surface area contributed by atoms with Gasteiger partial charge in [0.15, 0.2) is 0 Å². The van der Waals surface area contributed by atoms with E-state index >= 15 is 0 Å². The molecule has 0 spiro atoms. The summed E-state index contributed by atoms with van der Waals surface area (Å²) in [7, 11) is 0. The minimum Gasteiger partial charge on any atom is -0.464 e. The first-order valence-corrected chi connectivity index (χ1v) is 5.53. The maximum atomic E-state index is 6.06. The average molecular weight is 260 g/mol. The van der Waals surface area contributed by atoms with Crippen LogP contribution in [0.25, 0.3) is 11.0 Å². The second kappa shape index (κ2) is 3.72. The number of alkyl halides is 1. The van der Waals surface area contributed by atoms with Gasteiger partial charge in [-0.25, -0.2) is 0 Å². The molecule has 3 heteroatoms. The van der Waals surface area contributed by atoms with Crippen molar-refractivity contribution in [1.82, 2.24) is 0 Å². The first kappa shape index (κ1) is 9.10. The van der Waals surface area contributed by atoms with E-state index in [0.717, 1.165) is 27.7 Å². The molecule has 0 aliphatic heterocycles. The van der Waals surface area contributed by atoms with E-state index in [0.29, 0.717) is 0 Å². The fraction of sp³-hybridized carbons (Fsp3) is 0.200. The molecule has 1 aromatic carbocycles. The maximum absolute atomic E-state index is 6.06. The van der Waals surface area contributed by atoms with Gasteiger partial charge in [-0.3, -0.25) is 0 Å². The van der Waals surface area contributed by atoms with Crippen LogP contribution in [0.3, 0.4) is 0 Å². The molecule has 68 valence electrons. The largest absolute Gasteiger partial charge is 0.464 e. The number of halogens is 2. The summed E-state index contributed by atoms with van der Waals surface area (Å²) in [5, 5.41) is 2.69. The highest BCUT2D eigenvalue weighted by molar-refractivity contribution is 9.09. The van der Waals surface area contributed by atoms with Crippen molar-refractivity contribution in [2.24, 2.45) is 0 Å². The molecule has 0 unspecified atom stereocenters. The second-order valence-electron chi connectivity index (χ2n) is 2.85.